The number of nitrogens with zero attached hydrogens (tertiary/aromatic N) is 2. The van der Waals surface area contributed by atoms with Gasteiger partial charge in [0, 0.05) is 49.9 Å². The summed E-state index contributed by atoms with van der Waals surface area (Å²) in [7, 11) is 0. The molecule has 1 N–H and O–H groups in total. The Labute approximate surface area is 113 Å². The number of hydrogen-bond acceptors (Lipinski definition) is 2. The van der Waals surface area contributed by atoms with Gasteiger partial charge in [-0.05, 0) is 19.3 Å². The number of hydrogen-bond donors (Lipinski definition) is 1. The van der Waals surface area contributed by atoms with Gasteiger partial charge in [-0.3, -0.25) is 4.79 Å². The van der Waals surface area contributed by atoms with Crippen LogP contribution in [0.1, 0.15) is 26.2 Å². The number of fused-ring (bicyclic) bond motifs is 1. The minimum absolute atomic E-state index is 0.192. The fraction of sp³-hybridized carbons (Fsp3) is 0.533. The molecule has 0 radical (unpaired) electrons. The van der Waals surface area contributed by atoms with E-state index in [-0.39, 0.29) is 5.91 Å². The molecule has 102 valence electrons. The van der Waals surface area contributed by atoms with Gasteiger partial charge in [0.25, 0.3) is 0 Å². The maximum Gasteiger partial charge on any atom is 0.219 e. The minimum atomic E-state index is 0.192. The summed E-state index contributed by atoms with van der Waals surface area (Å²) >= 11 is 0. The first-order chi connectivity index (χ1) is 9.25. The summed E-state index contributed by atoms with van der Waals surface area (Å²) in [6.45, 7) is 5.34. The normalized spacial score (nSPS) is 19.2. The van der Waals surface area contributed by atoms with E-state index in [2.05, 4.69) is 28.2 Å². The van der Waals surface area contributed by atoms with Crippen molar-refractivity contribution in [3.8, 4) is 0 Å². The fourth-order valence-electron chi connectivity index (χ4n) is 3.01. The number of carbonyl (C=O) groups is 1. The van der Waals surface area contributed by atoms with Gasteiger partial charge < -0.3 is 14.8 Å². The lowest BCUT2D eigenvalue weighted by molar-refractivity contribution is -0.128. The highest BCUT2D eigenvalue weighted by Gasteiger charge is 2.18. The largest absolute Gasteiger partial charge is 0.368 e. The first-order valence-corrected chi connectivity index (χ1v) is 7.14. The molecule has 0 unspecified atom stereocenters. The van der Waals surface area contributed by atoms with Crippen molar-refractivity contribution in [3.05, 3.63) is 16.8 Å². The minimum Gasteiger partial charge on any atom is -0.368 e. The van der Waals surface area contributed by atoms with Crippen molar-refractivity contribution in [2.45, 2.75) is 26.2 Å². The van der Waals surface area contributed by atoms with Gasteiger partial charge in [-0.15, -0.1) is 0 Å². The topological polar surface area (TPSA) is 39.3 Å². The number of aromatic amines is 1. The average Bonchev–Trinajstić information content (AvgIpc) is 2.68. The van der Waals surface area contributed by atoms with Gasteiger partial charge in [-0.2, -0.15) is 0 Å². The first kappa shape index (κ1) is 12.3. The summed E-state index contributed by atoms with van der Waals surface area (Å²) in [5.74, 6) is 0.192. The van der Waals surface area contributed by atoms with E-state index in [1.165, 1.54) is 16.3 Å². The molecule has 1 amide bonds. The van der Waals surface area contributed by atoms with E-state index in [1.54, 1.807) is 6.92 Å². The van der Waals surface area contributed by atoms with Crippen LogP contribution in [-0.2, 0) is 4.79 Å². The number of rotatable bonds is 1. The number of nitrogens with one attached hydrogen (secondary N) is 1. The van der Waals surface area contributed by atoms with Crippen molar-refractivity contribution >= 4 is 23.7 Å². The second-order valence-corrected chi connectivity index (χ2v) is 5.33. The molecule has 1 aliphatic heterocycles. The molecule has 19 heavy (non-hydrogen) atoms. The lowest BCUT2D eigenvalue weighted by Crippen LogP contribution is -2.36. The second kappa shape index (κ2) is 5.11. The van der Waals surface area contributed by atoms with Crippen LogP contribution in [-0.4, -0.2) is 42.0 Å². The molecule has 0 spiro atoms. The summed E-state index contributed by atoms with van der Waals surface area (Å²) < 4.78 is 0. The molecule has 4 heteroatoms. The monoisotopic (exact) mass is 259 g/mol. The standard InChI is InChI=1S/C15H21N3O/c1-12(19)17-7-4-8-18(10-9-17)15-11-16-14-6-3-2-5-13(14)15/h5-6,11,16H,2-4,7-10H2,1H3. The van der Waals surface area contributed by atoms with E-state index in [0.717, 1.165) is 45.4 Å². The highest BCUT2D eigenvalue weighted by molar-refractivity contribution is 5.73. The molecular formula is C15H21N3O. The van der Waals surface area contributed by atoms with E-state index >= 15 is 0 Å². The van der Waals surface area contributed by atoms with Gasteiger partial charge in [-0.25, -0.2) is 0 Å². The Kier molecular flexibility index (Phi) is 3.32. The number of H-pyrrole nitrogens is 1. The Balaban J connectivity index is 1.84. The molecule has 2 aliphatic rings. The Morgan fingerprint density at radius 3 is 2.84 bits per heavy atom. The lowest BCUT2D eigenvalue weighted by Gasteiger charge is -2.22. The molecule has 1 aliphatic carbocycles. The number of aromatic nitrogens is 1. The van der Waals surface area contributed by atoms with Gasteiger partial charge in [0.2, 0.25) is 5.91 Å². The van der Waals surface area contributed by atoms with Crippen LogP contribution < -0.4 is 15.5 Å². The van der Waals surface area contributed by atoms with Crippen LogP contribution >= 0.6 is 0 Å². The Morgan fingerprint density at radius 2 is 2.00 bits per heavy atom. The van der Waals surface area contributed by atoms with E-state index in [4.69, 9.17) is 0 Å². The molecule has 1 aromatic rings. The second-order valence-electron chi connectivity index (χ2n) is 5.33. The molecule has 0 saturated carbocycles. The van der Waals surface area contributed by atoms with Crippen LogP contribution in [0.2, 0.25) is 0 Å². The lowest BCUT2D eigenvalue weighted by atomic mass is 10.1. The van der Waals surface area contributed by atoms with Crippen LogP contribution in [0, 0.1) is 0 Å². The van der Waals surface area contributed by atoms with E-state index in [0.29, 0.717) is 0 Å². The third-order valence-corrected chi connectivity index (χ3v) is 4.08. The van der Waals surface area contributed by atoms with Crippen molar-refractivity contribution in [2.75, 3.05) is 31.1 Å². The zero-order chi connectivity index (χ0) is 13.2. The molecule has 0 aromatic carbocycles. The number of carbonyl (C=O) groups excluding carboxylic acids is 1. The molecule has 0 atom stereocenters. The van der Waals surface area contributed by atoms with E-state index < -0.39 is 0 Å². The van der Waals surface area contributed by atoms with Crippen molar-refractivity contribution in [3.63, 3.8) is 0 Å². The third-order valence-electron chi connectivity index (χ3n) is 4.08. The highest BCUT2D eigenvalue weighted by atomic mass is 16.2. The van der Waals surface area contributed by atoms with E-state index in [1.807, 2.05) is 4.90 Å². The molecular weight excluding hydrogens is 238 g/mol. The third kappa shape index (κ3) is 2.39. The smallest absolute Gasteiger partial charge is 0.219 e. The summed E-state index contributed by atoms with van der Waals surface area (Å²) in [5, 5.41) is 2.61. The van der Waals surface area contributed by atoms with Crippen LogP contribution in [0.3, 0.4) is 0 Å². The van der Waals surface area contributed by atoms with Crippen LogP contribution in [0.15, 0.2) is 6.20 Å². The number of amides is 1. The molecule has 2 heterocycles. The average molecular weight is 259 g/mol. The highest BCUT2D eigenvalue weighted by Crippen LogP contribution is 2.12. The number of anilines is 1. The van der Waals surface area contributed by atoms with Crippen LogP contribution in [0.5, 0.6) is 0 Å². The fourth-order valence-corrected chi connectivity index (χ4v) is 3.01. The van der Waals surface area contributed by atoms with Gasteiger partial charge >= 0.3 is 0 Å². The molecule has 1 aromatic heterocycles. The van der Waals surface area contributed by atoms with Crippen molar-refractivity contribution in [1.29, 1.82) is 0 Å². The van der Waals surface area contributed by atoms with Crippen molar-refractivity contribution in [1.82, 2.24) is 9.88 Å². The SMILES string of the molecule is CC(=O)N1CCCN(c2c[nH]c3c2=CCCC=3)CC1. The van der Waals surface area contributed by atoms with Gasteiger partial charge in [0.1, 0.15) is 0 Å². The quantitative estimate of drug-likeness (QED) is 0.794. The predicted octanol–water partition coefficient (Wildman–Crippen LogP) is 0.428. The molecule has 0 bridgehead atoms. The zero-order valence-electron chi connectivity index (χ0n) is 11.5. The predicted molar refractivity (Wildman–Crippen MR) is 77.3 cm³/mol. The van der Waals surface area contributed by atoms with E-state index in [9.17, 15) is 4.79 Å². The molecule has 1 fully saturated rings. The zero-order valence-corrected chi connectivity index (χ0v) is 11.5. The van der Waals surface area contributed by atoms with Gasteiger partial charge in [-0.1, -0.05) is 12.2 Å². The summed E-state index contributed by atoms with van der Waals surface area (Å²) in [4.78, 5) is 19.2. The first-order valence-electron chi connectivity index (χ1n) is 7.14. The van der Waals surface area contributed by atoms with Gasteiger partial charge in [0.15, 0.2) is 0 Å². The Morgan fingerprint density at radius 1 is 1.16 bits per heavy atom. The molecule has 4 nitrogen and oxygen atoms in total. The van der Waals surface area contributed by atoms with Crippen LogP contribution in [0.4, 0.5) is 5.69 Å². The summed E-state index contributed by atoms with van der Waals surface area (Å²) in [5.41, 5.74) is 1.30. The maximum atomic E-state index is 11.5. The molecule has 1 saturated heterocycles. The van der Waals surface area contributed by atoms with Crippen molar-refractivity contribution in [2.24, 2.45) is 0 Å². The van der Waals surface area contributed by atoms with Crippen molar-refractivity contribution < 1.29 is 4.79 Å². The maximum absolute atomic E-state index is 11.5. The van der Waals surface area contributed by atoms with Gasteiger partial charge in [0.05, 0.1) is 5.69 Å². The van der Waals surface area contributed by atoms with Crippen LogP contribution in [0.25, 0.3) is 12.2 Å². The Bertz CT molecular complexity index is 587. The summed E-state index contributed by atoms with van der Waals surface area (Å²) in [6.07, 6.45) is 10.0. The summed E-state index contributed by atoms with van der Waals surface area (Å²) in [6, 6.07) is 0. The molecule has 3 rings (SSSR count). The Hall–Kier alpha value is -1.71.